The van der Waals surface area contributed by atoms with Gasteiger partial charge in [-0.15, -0.1) is 11.3 Å². The second kappa shape index (κ2) is 12.9. The smallest absolute Gasteiger partial charge is 0.261 e. The predicted molar refractivity (Wildman–Crippen MR) is 147 cm³/mol. The van der Waals surface area contributed by atoms with Crippen molar-refractivity contribution >= 4 is 52.0 Å². The van der Waals surface area contributed by atoms with Crippen molar-refractivity contribution in [3.8, 4) is 0 Å². The molecule has 1 saturated carbocycles. The van der Waals surface area contributed by atoms with Crippen LogP contribution in [0.25, 0.3) is 0 Å². The first-order chi connectivity index (χ1) is 17.8. The first-order valence-electron chi connectivity index (χ1n) is 12.9. The molecule has 1 atom stereocenters. The lowest BCUT2D eigenvalue weighted by Gasteiger charge is -2.37. The third-order valence-corrected chi connectivity index (χ3v) is 7.98. The minimum atomic E-state index is -0.525. The molecule has 1 aliphatic carbocycles. The topological polar surface area (TPSA) is 91.0 Å². The summed E-state index contributed by atoms with van der Waals surface area (Å²) < 4.78 is 5.76. The van der Waals surface area contributed by atoms with Crippen LogP contribution >= 0.6 is 22.9 Å². The number of carbonyl (C=O) groups is 3. The van der Waals surface area contributed by atoms with E-state index in [0.29, 0.717) is 39.9 Å². The van der Waals surface area contributed by atoms with Crippen LogP contribution < -0.4 is 15.5 Å². The first kappa shape index (κ1) is 27.6. The Hall–Kier alpha value is -2.46. The van der Waals surface area contributed by atoms with Gasteiger partial charge in [0.05, 0.1) is 15.8 Å². The highest BCUT2D eigenvalue weighted by Crippen LogP contribution is 2.28. The Labute approximate surface area is 227 Å². The fraction of sp³-hybridized carbons (Fsp3) is 0.519. The van der Waals surface area contributed by atoms with Crippen LogP contribution in [-0.2, 0) is 14.3 Å². The molecular weight excluding hydrogens is 512 g/mol. The molecule has 1 aromatic heterocycles. The molecule has 37 heavy (non-hydrogen) atoms. The lowest BCUT2D eigenvalue weighted by atomic mass is 9.84. The fourth-order valence-electron chi connectivity index (χ4n) is 4.65. The van der Waals surface area contributed by atoms with Gasteiger partial charge in [-0.25, -0.2) is 0 Å². The second-order valence-electron chi connectivity index (χ2n) is 10.1. The zero-order chi connectivity index (χ0) is 26.4. The Morgan fingerprint density at radius 2 is 1.95 bits per heavy atom. The van der Waals surface area contributed by atoms with E-state index in [0.717, 1.165) is 18.8 Å². The maximum absolute atomic E-state index is 13.6. The van der Waals surface area contributed by atoms with E-state index in [9.17, 15) is 14.4 Å². The number of benzene rings is 1. The molecule has 8 nitrogen and oxygen atoms in total. The van der Waals surface area contributed by atoms with E-state index in [1.54, 1.807) is 29.2 Å². The normalized spacial score (nSPS) is 17.1. The highest BCUT2D eigenvalue weighted by Gasteiger charge is 2.31. The van der Waals surface area contributed by atoms with Gasteiger partial charge >= 0.3 is 0 Å². The minimum Gasteiger partial charge on any atom is -0.370 e. The number of nitrogens with one attached hydrogen (secondary N) is 2. The predicted octanol–water partition coefficient (Wildman–Crippen LogP) is 4.26. The van der Waals surface area contributed by atoms with E-state index in [1.165, 1.54) is 30.6 Å². The molecule has 2 fully saturated rings. The zero-order valence-electron chi connectivity index (χ0n) is 21.4. The van der Waals surface area contributed by atoms with Crippen molar-refractivity contribution in [3.05, 3.63) is 45.6 Å². The first-order valence-corrected chi connectivity index (χ1v) is 14.1. The molecule has 0 radical (unpaired) electrons. The maximum atomic E-state index is 13.6. The summed E-state index contributed by atoms with van der Waals surface area (Å²) in [7, 11) is 0. The van der Waals surface area contributed by atoms with E-state index < -0.39 is 6.04 Å². The SMILES string of the molecule is CC(C)CN(CC1CCC1)[C@H](CNC(=O)c1ccc(Cl)s1)C(=O)Nc1ccc(N2CCOCC2=O)cc1. The van der Waals surface area contributed by atoms with Gasteiger partial charge in [0.25, 0.3) is 11.8 Å². The van der Waals surface area contributed by atoms with E-state index in [-0.39, 0.29) is 30.9 Å². The molecule has 0 bridgehead atoms. The standard InChI is InChI=1S/C27H35ClN4O4S/c1-18(2)15-31(16-19-4-3-5-19)22(14-29-27(35)23-10-11-24(28)37-23)26(34)30-20-6-8-21(9-7-20)32-12-13-36-17-25(32)33/h6-11,18-19,22H,3-5,12-17H2,1-2H3,(H,29,35)(H,30,34)/t22-/m1/s1. The number of hydrogen-bond acceptors (Lipinski definition) is 6. The van der Waals surface area contributed by atoms with Crippen LogP contribution in [0.5, 0.6) is 0 Å². The molecule has 3 amide bonds. The number of amides is 3. The van der Waals surface area contributed by atoms with Crippen LogP contribution in [0.15, 0.2) is 36.4 Å². The maximum Gasteiger partial charge on any atom is 0.261 e. The van der Waals surface area contributed by atoms with Gasteiger partial charge in [0.15, 0.2) is 0 Å². The molecule has 0 unspecified atom stereocenters. The molecule has 1 aliphatic heterocycles. The van der Waals surface area contributed by atoms with Crippen molar-refractivity contribution in [2.75, 3.05) is 49.6 Å². The van der Waals surface area contributed by atoms with Crippen molar-refractivity contribution < 1.29 is 19.1 Å². The number of ether oxygens (including phenoxy) is 1. The number of thiophene rings is 1. The molecule has 200 valence electrons. The number of halogens is 1. The van der Waals surface area contributed by atoms with Crippen LogP contribution in [0, 0.1) is 11.8 Å². The molecule has 1 saturated heterocycles. The van der Waals surface area contributed by atoms with Crippen LogP contribution in [0.3, 0.4) is 0 Å². The third-order valence-electron chi connectivity index (χ3n) is 6.75. The van der Waals surface area contributed by atoms with Gasteiger partial charge in [-0.05, 0) is 61.1 Å². The zero-order valence-corrected chi connectivity index (χ0v) is 22.9. The second-order valence-corrected chi connectivity index (χ2v) is 11.8. The summed E-state index contributed by atoms with van der Waals surface area (Å²) in [4.78, 5) is 42.9. The summed E-state index contributed by atoms with van der Waals surface area (Å²) in [6.45, 7) is 7.15. The molecule has 0 spiro atoms. The summed E-state index contributed by atoms with van der Waals surface area (Å²) in [5.41, 5.74) is 1.42. The Kier molecular flexibility index (Phi) is 9.59. The highest BCUT2D eigenvalue weighted by molar-refractivity contribution is 7.18. The van der Waals surface area contributed by atoms with E-state index in [1.807, 2.05) is 12.1 Å². The average Bonchev–Trinajstić information content (AvgIpc) is 3.28. The van der Waals surface area contributed by atoms with Crippen LogP contribution in [0.1, 0.15) is 42.8 Å². The molecule has 2 aromatic rings. The van der Waals surface area contributed by atoms with Crippen molar-refractivity contribution in [2.45, 2.75) is 39.2 Å². The number of rotatable bonds is 11. The molecule has 2 heterocycles. The van der Waals surface area contributed by atoms with Crippen molar-refractivity contribution in [3.63, 3.8) is 0 Å². The van der Waals surface area contributed by atoms with Gasteiger partial charge in [-0.2, -0.15) is 0 Å². The summed E-state index contributed by atoms with van der Waals surface area (Å²) in [5, 5.41) is 5.99. The largest absolute Gasteiger partial charge is 0.370 e. The van der Waals surface area contributed by atoms with Crippen LogP contribution in [-0.4, -0.2) is 68.1 Å². The Bertz CT molecular complexity index is 1090. The van der Waals surface area contributed by atoms with E-state index in [4.69, 9.17) is 16.3 Å². The van der Waals surface area contributed by atoms with E-state index in [2.05, 4.69) is 29.4 Å². The summed E-state index contributed by atoms with van der Waals surface area (Å²) in [6.07, 6.45) is 3.57. The molecule has 4 rings (SSSR count). The monoisotopic (exact) mass is 546 g/mol. The number of anilines is 2. The average molecular weight is 547 g/mol. The molecule has 2 aliphatic rings. The highest BCUT2D eigenvalue weighted by atomic mass is 35.5. The Balaban J connectivity index is 1.47. The minimum absolute atomic E-state index is 0.0776. The number of carbonyl (C=O) groups excluding carboxylic acids is 3. The number of morpholine rings is 1. The Morgan fingerprint density at radius 1 is 1.19 bits per heavy atom. The lowest BCUT2D eigenvalue weighted by molar-refractivity contribution is -0.125. The van der Waals surface area contributed by atoms with Gasteiger partial charge in [0, 0.05) is 37.6 Å². The number of hydrogen-bond donors (Lipinski definition) is 2. The van der Waals surface area contributed by atoms with Crippen molar-refractivity contribution in [1.82, 2.24) is 10.2 Å². The van der Waals surface area contributed by atoms with Crippen molar-refractivity contribution in [1.29, 1.82) is 0 Å². The van der Waals surface area contributed by atoms with E-state index >= 15 is 0 Å². The van der Waals surface area contributed by atoms with Gasteiger partial charge in [-0.3, -0.25) is 19.3 Å². The molecule has 1 aromatic carbocycles. The quantitative estimate of drug-likeness (QED) is 0.439. The number of nitrogens with zero attached hydrogens (tertiary/aromatic N) is 2. The van der Waals surface area contributed by atoms with Crippen LogP contribution in [0.2, 0.25) is 4.34 Å². The molecule has 2 N–H and O–H groups in total. The third kappa shape index (κ3) is 7.54. The molecular formula is C27H35ClN4O4S. The van der Waals surface area contributed by atoms with Gasteiger partial charge in [-0.1, -0.05) is 31.9 Å². The lowest BCUT2D eigenvalue weighted by Crippen LogP contribution is -2.53. The fourth-order valence-corrected chi connectivity index (χ4v) is 5.61. The molecule has 10 heteroatoms. The van der Waals surface area contributed by atoms with Gasteiger partial charge in [0.1, 0.15) is 12.6 Å². The van der Waals surface area contributed by atoms with Gasteiger partial charge < -0.3 is 20.3 Å². The van der Waals surface area contributed by atoms with Crippen LogP contribution in [0.4, 0.5) is 11.4 Å². The summed E-state index contributed by atoms with van der Waals surface area (Å²) >= 11 is 7.22. The van der Waals surface area contributed by atoms with Gasteiger partial charge in [0.2, 0.25) is 5.91 Å². The van der Waals surface area contributed by atoms with Crippen molar-refractivity contribution in [2.24, 2.45) is 11.8 Å². The summed E-state index contributed by atoms with van der Waals surface area (Å²) in [5.74, 6) is 0.465. The Morgan fingerprint density at radius 3 is 2.54 bits per heavy atom. The summed E-state index contributed by atoms with van der Waals surface area (Å²) in [6, 6.07) is 10.1.